The van der Waals surface area contributed by atoms with Crippen molar-refractivity contribution in [2.45, 2.75) is 31.2 Å². The number of hydrogen-bond donors (Lipinski definition) is 2. The normalized spacial score (nSPS) is 30.3. The smallest absolute Gasteiger partial charge is 0.337 e. The Labute approximate surface area is 156 Å². The molecule has 0 aromatic heterocycles. The molecule has 2 saturated carbocycles. The Morgan fingerprint density at radius 2 is 1.93 bits per heavy atom. The number of carbonyl (C=O) groups is 1. The molecule has 27 heavy (non-hydrogen) atoms. The number of para-hydroxylation sites is 1. The third-order valence-corrected chi connectivity index (χ3v) is 6.79. The Balaban J connectivity index is 1.66. The minimum absolute atomic E-state index is 0.0753. The minimum atomic E-state index is -0.946. The molecular weight excluding hydrogens is 344 g/mol. The molecule has 5 rings (SSSR count). The third kappa shape index (κ3) is 2.36. The van der Waals surface area contributed by atoms with E-state index in [-0.39, 0.29) is 22.2 Å². The molecule has 1 aliphatic heterocycles. The van der Waals surface area contributed by atoms with Gasteiger partial charge in [0.05, 0.1) is 22.2 Å². The summed E-state index contributed by atoms with van der Waals surface area (Å²) in [6.45, 7) is 0. The van der Waals surface area contributed by atoms with Gasteiger partial charge < -0.3 is 10.4 Å². The van der Waals surface area contributed by atoms with Crippen molar-refractivity contribution in [3.63, 3.8) is 0 Å². The summed E-state index contributed by atoms with van der Waals surface area (Å²) in [5, 5.41) is 24.4. The van der Waals surface area contributed by atoms with Gasteiger partial charge in [0.15, 0.2) is 0 Å². The summed E-state index contributed by atoms with van der Waals surface area (Å²) in [7, 11) is 0. The van der Waals surface area contributed by atoms with E-state index in [1.54, 1.807) is 18.2 Å². The van der Waals surface area contributed by atoms with E-state index < -0.39 is 5.97 Å². The molecule has 0 radical (unpaired) electrons. The van der Waals surface area contributed by atoms with Gasteiger partial charge in [-0.2, -0.15) is 0 Å². The van der Waals surface area contributed by atoms with Crippen molar-refractivity contribution in [2.24, 2.45) is 17.8 Å². The van der Waals surface area contributed by atoms with Gasteiger partial charge >= 0.3 is 5.97 Å². The zero-order valence-corrected chi connectivity index (χ0v) is 14.7. The van der Waals surface area contributed by atoms with Crippen LogP contribution in [0.25, 0.3) is 0 Å². The number of fused-ring (bicyclic) bond motifs is 7. The molecule has 0 amide bonds. The van der Waals surface area contributed by atoms with Crippen LogP contribution >= 0.6 is 0 Å². The lowest BCUT2D eigenvalue weighted by atomic mass is 9.67. The number of anilines is 1. The largest absolute Gasteiger partial charge is 0.478 e. The van der Waals surface area contributed by atoms with E-state index in [9.17, 15) is 20.0 Å². The summed E-state index contributed by atoms with van der Waals surface area (Å²) in [6, 6.07) is 12.2. The number of carboxylic acid groups (broad SMARTS) is 1. The number of aromatic carboxylic acids is 1. The molecule has 0 saturated heterocycles. The number of rotatable bonds is 3. The van der Waals surface area contributed by atoms with E-state index in [0.717, 1.165) is 11.1 Å². The third-order valence-electron chi connectivity index (χ3n) is 6.79. The van der Waals surface area contributed by atoms with Crippen molar-refractivity contribution in [1.82, 2.24) is 0 Å². The molecule has 138 valence electrons. The number of nitrogens with one attached hydrogen (secondary N) is 1. The van der Waals surface area contributed by atoms with Crippen molar-refractivity contribution >= 4 is 17.3 Å². The van der Waals surface area contributed by atoms with E-state index in [1.165, 1.54) is 25.3 Å². The first-order chi connectivity index (χ1) is 13.0. The molecule has 2 bridgehead atoms. The molecule has 2 aromatic carbocycles. The number of nitrogens with zero attached hydrogens (tertiary/aromatic N) is 1. The zero-order valence-electron chi connectivity index (χ0n) is 14.7. The molecule has 2 aromatic rings. The summed E-state index contributed by atoms with van der Waals surface area (Å²) < 4.78 is 0. The lowest BCUT2D eigenvalue weighted by Crippen LogP contribution is -2.36. The molecular formula is C21H20N2O4. The van der Waals surface area contributed by atoms with Crippen LogP contribution in [0, 0.1) is 27.9 Å². The van der Waals surface area contributed by atoms with Crippen LogP contribution in [0.4, 0.5) is 11.4 Å². The van der Waals surface area contributed by atoms with Crippen LogP contribution in [-0.4, -0.2) is 16.0 Å². The first-order valence-electron chi connectivity index (χ1n) is 9.41. The standard InChI is InChI=1S/C21H20N2O4/c24-21(25)16-6-2-5-15-17-11-7-8-12(9-11)18(17)19(22-20(15)16)13-3-1-4-14(10-13)23(26)27/h1-6,10-12,17-19,22H,7-9H2,(H,24,25)/t11-,12-,17+,18-,19+/m0/s1. The summed E-state index contributed by atoms with van der Waals surface area (Å²) >= 11 is 0. The fraction of sp³-hybridized carbons (Fsp3) is 0.381. The number of nitro benzene ring substituents is 1. The maximum absolute atomic E-state index is 11.8. The van der Waals surface area contributed by atoms with Crippen LogP contribution in [-0.2, 0) is 0 Å². The maximum atomic E-state index is 11.8. The topological polar surface area (TPSA) is 92.5 Å². The van der Waals surface area contributed by atoms with E-state index in [4.69, 9.17) is 0 Å². The van der Waals surface area contributed by atoms with Crippen molar-refractivity contribution < 1.29 is 14.8 Å². The molecule has 2 N–H and O–H groups in total. The van der Waals surface area contributed by atoms with Crippen LogP contribution in [0.1, 0.15) is 52.7 Å². The average Bonchev–Trinajstić information content (AvgIpc) is 3.29. The number of nitro groups is 1. The van der Waals surface area contributed by atoms with Gasteiger partial charge in [-0.25, -0.2) is 4.79 Å². The van der Waals surface area contributed by atoms with Crippen LogP contribution in [0.2, 0.25) is 0 Å². The number of carboxylic acids is 1. The average molecular weight is 364 g/mol. The Morgan fingerprint density at radius 1 is 1.15 bits per heavy atom. The summed E-state index contributed by atoms with van der Waals surface area (Å²) in [5.74, 6) is 0.883. The second-order valence-electron chi connectivity index (χ2n) is 7.99. The van der Waals surface area contributed by atoms with Crippen LogP contribution in [0.3, 0.4) is 0 Å². The van der Waals surface area contributed by atoms with Gasteiger partial charge in [0.25, 0.3) is 5.69 Å². The highest BCUT2D eigenvalue weighted by molar-refractivity contribution is 5.95. The monoisotopic (exact) mass is 364 g/mol. The van der Waals surface area contributed by atoms with Gasteiger partial charge in [-0.05, 0) is 60.1 Å². The Kier molecular flexibility index (Phi) is 3.50. The predicted octanol–water partition coefficient (Wildman–Crippen LogP) is 4.59. The number of benzene rings is 2. The van der Waals surface area contributed by atoms with Crippen molar-refractivity contribution in [3.8, 4) is 0 Å². The molecule has 2 fully saturated rings. The molecule has 0 spiro atoms. The Bertz CT molecular complexity index is 957. The lowest BCUT2D eigenvalue weighted by molar-refractivity contribution is -0.384. The molecule has 1 heterocycles. The SMILES string of the molecule is O=C(O)c1cccc2c1N[C@H](c1cccc([N+](=O)[O-])c1)[C@H]1[C@H]3CC[C@@H](C3)[C@H]21. The van der Waals surface area contributed by atoms with Gasteiger partial charge in [-0.3, -0.25) is 10.1 Å². The van der Waals surface area contributed by atoms with Gasteiger partial charge in [-0.1, -0.05) is 24.3 Å². The van der Waals surface area contributed by atoms with Crippen LogP contribution in [0.5, 0.6) is 0 Å². The zero-order chi connectivity index (χ0) is 18.7. The maximum Gasteiger partial charge on any atom is 0.337 e. The predicted molar refractivity (Wildman–Crippen MR) is 99.9 cm³/mol. The molecule has 3 aliphatic rings. The van der Waals surface area contributed by atoms with Gasteiger partial charge in [0.1, 0.15) is 0 Å². The summed E-state index contributed by atoms with van der Waals surface area (Å²) in [5.41, 5.74) is 3.03. The summed E-state index contributed by atoms with van der Waals surface area (Å²) in [6.07, 6.45) is 3.54. The van der Waals surface area contributed by atoms with Crippen molar-refractivity contribution in [3.05, 3.63) is 69.3 Å². The highest BCUT2D eigenvalue weighted by Gasteiger charge is 2.54. The quantitative estimate of drug-likeness (QED) is 0.614. The Hall–Kier alpha value is -2.89. The molecule has 6 heteroatoms. The lowest BCUT2D eigenvalue weighted by Gasteiger charge is -2.43. The van der Waals surface area contributed by atoms with E-state index in [0.29, 0.717) is 29.4 Å². The Morgan fingerprint density at radius 3 is 2.70 bits per heavy atom. The van der Waals surface area contributed by atoms with Gasteiger partial charge in [-0.15, -0.1) is 0 Å². The summed E-state index contributed by atoms with van der Waals surface area (Å²) in [4.78, 5) is 22.6. The molecule has 2 aliphatic carbocycles. The van der Waals surface area contributed by atoms with E-state index in [2.05, 4.69) is 11.4 Å². The second kappa shape index (κ2) is 5.81. The fourth-order valence-electron chi connectivity index (χ4n) is 5.85. The van der Waals surface area contributed by atoms with Crippen molar-refractivity contribution in [2.75, 3.05) is 5.32 Å². The first-order valence-corrected chi connectivity index (χ1v) is 9.41. The van der Waals surface area contributed by atoms with Gasteiger partial charge in [0.2, 0.25) is 0 Å². The highest BCUT2D eigenvalue weighted by atomic mass is 16.6. The molecule has 5 atom stereocenters. The second-order valence-corrected chi connectivity index (χ2v) is 7.99. The fourth-order valence-corrected chi connectivity index (χ4v) is 5.85. The number of hydrogen-bond acceptors (Lipinski definition) is 4. The van der Waals surface area contributed by atoms with Crippen LogP contribution in [0.15, 0.2) is 42.5 Å². The van der Waals surface area contributed by atoms with E-state index in [1.807, 2.05) is 12.1 Å². The van der Waals surface area contributed by atoms with E-state index >= 15 is 0 Å². The first kappa shape index (κ1) is 16.3. The highest BCUT2D eigenvalue weighted by Crippen LogP contribution is 2.64. The number of non-ortho nitro benzene ring substituents is 1. The molecule has 6 nitrogen and oxygen atoms in total. The van der Waals surface area contributed by atoms with Gasteiger partial charge in [0, 0.05) is 12.1 Å². The van der Waals surface area contributed by atoms with Crippen LogP contribution < -0.4 is 5.32 Å². The minimum Gasteiger partial charge on any atom is -0.478 e. The molecule has 0 unspecified atom stereocenters. The van der Waals surface area contributed by atoms with Crippen molar-refractivity contribution in [1.29, 1.82) is 0 Å².